The molecule has 13 heavy (non-hydrogen) atoms. The predicted octanol–water partition coefficient (Wildman–Crippen LogP) is 1.52. The molecule has 0 spiro atoms. The average Bonchev–Trinajstić information content (AvgIpc) is 2.48. The van der Waals surface area contributed by atoms with Crippen LogP contribution in [0.15, 0.2) is 18.2 Å². The van der Waals surface area contributed by atoms with Gasteiger partial charge in [0.15, 0.2) is 0 Å². The van der Waals surface area contributed by atoms with Gasteiger partial charge in [-0.3, -0.25) is 0 Å². The van der Waals surface area contributed by atoms with Gasteiger partial charge in [-0.2, -0.15) is 0 Å². The molecule has 0 saturated carbocycles. The first-order valence-corrected chi connectivity index (χ1v) is 4.63. The standard InChI is InChI=1S/C11H15NO/c1-11(2,13)10-5-3-4-8-6-12-7-9(8)10/h3-5,12-13H,6-7H2,1-2H3. The Labute approximate surface area is 78.6 Å². The van der Waals surface area contributed by atoms with Crippen LogP contribution in [0.3, 0.4) is 0 Å². The van der Waals surface area contributed by atoms with Crippen molar-refractivity contribution in [2.24, 2.45) is 0 Å². The quantitative estimate of drug-likeness (QED) is 0.681. The van der Waals surface area contributed by atoms with Gasteiger partial charge in [-0.05, 0) is 30.5 Å². The Balaban J connectivity index is 2.54. The number of hydrogen-bond donors (Lipinski definition) is 2. The molecule has 1 aliphatic heterocycles. The molecule has 0 aromatic heterocycles. The fourth-order valence-corrected chi connectivity index (χ4v) is 1.90. The minimum atomic E-state index is -0.725. The van der Waals surface area contributed by atoms with Crippen molar-refractivity contribution in [2.45, 2.75) is 32.5 Å². The summed E-state index contributed by atoms with van der Waals surface area (Å²) in [6.07, 6.45) is 0. The summed E-state index contributed by atoms with van der Waals surface area (Å²) in [5.41, 5.74) is 2.92. The molecule has 1 aliphatic rings. The summed E-state index contributed by atoms with van der Waals surface area (Å²) in [7, 11) is 0. The summed E-state index contributed by atoms with van der Waals surface area (Å²) < 4.78 is 0. The first-order valence-electron chi connectivity index (χ1n) is 4.63. The van der Waals surface area contributed by atoms with E-state index in [1.165, 1.54) is 11.1 Å². The van der Waals surface area contributed by atoms with Crippen molar-refractivity contribution in [1.82, 2.24) is 5.32 Å². The number of fused-ring (bicyclic) bond motifs is 1. The molecule has 2 N–H and O–H groups in total. The van der Waals surface area contributed by atoms with Crippen molar-refractivity contribution in [3.05, 3.63) is 34.9 Å². The van der Waals surface area contributed by atoms with E-state index in [0.29, 0.717) is 0 Å². The van der Waals surface area contributed by atoms with E-state index in [1.54, 1.807) is 0 Å². The zero-order valence-electron chi connectivity index (χ0n) is 8.09. The van der Waals surface area contributed by atoms with Crippen LogP contribution in [0.2, 0.25) is 0 Å². The molecule has 1 aromatic carbocycles. The predicted molar refractivity (Wildman–Crippen MR) is 52.2 cm³/mol. The fraction of sp³-hybridized carbons (Fsp3) is 0.455. The van der Waals surface area contributed by atoms with Gasteiger partial charge in [0.25, 0.3) is 0 Å². The van der Waals surface area contributed by atoms with E-state index in [4.69, 9.17) is 0 Å². The Morgan fingerprint density at radius 1 is 1.31 bits per heavy atom. The second-order valence-corrected chi connectivity index (χ2v) is 4.11. The summed E-state index contributed by atoms with van der Waals surface area (Å²) in [5, 5.41) is 13.2. The molecule has 0 bridgehead atoms. The number of hydrogen-bond acceptors (Lipinski definition) is 2. The molecule has 2 rings (SSSR count). The second kappa shape index (κ2) is 2.82. The van der Waals surface area contributed by atoms with Gasteiger partial charge in [-0.25, -0.2) is 0 Å². The molecule has 1 heterocycles. The van der Waals surface area contributed by atoms with Crippen LogP contribution >= 0.6 is 0 Å². The third-order valence-corrected chi connectivity index (χ3v) is 2.55. The topological polar surface area (TPSA) is 32.3 Å². The van der Waals surface area contributed by atoms with E-state index in [2.05, 4.69) is 11.4 Å². The Morgan fingerprint density at radius 3 is 2.77 bits per heavy atom. The van der Waals surface area contributed by atoms with Gasteiger partial charge in [-0.1, -0.05) is 18.2 Å². The zero-order chi connectivity index (χ0) is 9.47. The van der Waals surface area contributed by atoms with Crippen LogP contribution in [0.1, 0.15) is 30.5 Å². The maximum absolute atomic E-state index is 9.93. The van der Waals surface area contributed by atoms with Crippen LogP contribution < -0.4 is 5.32 Å². The van der Waals surface area contributed by atoms with Crippen LogP contribution in [0.4, 0.5) is 0 Å². The largest absolute Gasteiger partial charge is 0.386 e. The molecule has 0 radical (unpaired) electrons. The van der Waals surface area contributed by atoms with E-state index in [1.807, 2.05) is 26.0 Å². The highest BCUT2D eigenvalue weighted by atomic mass is 16.3. The molecule has 2 heteroatoms. The number of aliphatic hydroxyl groups is 1. The summed E-state index contributed by atoms with van der Waals surface area (Å²) in [5.74, 6) is 0. The molecular formula is C11H15NO. The third kappa shape index (κ3) is 1.47. The van der Waals surface area contributed by atoms with E-state index >= 15 is 0 Å². The van der Waals surface area contributed by atoms with Gasteiger partial charge in [0, 0.05) is 13.1 Å². The van der Waals surface area contributed by atoms with Gasteiger partial charge in [-0.15, -0.1) is 0 Å². The van der Waals surface area contributed by atoms with E-state index in [-0.39, 0.29) is 0 Å². The highest BCUT2D eigenvalue weighted by Gasteiger charge is 2.23. The first-order chi connectivity index (χ1) is 6.09. The van der Waals surface area contributed by atoms with Gasteiger partial charge in [0.2, 0.25) is 0 Å². The van der Waals surface area contributed by atoms with Crippen LogP contribution in [0.25, 0.3) is 0 Å². The summed E-state index contributed by atoms with van der Waals surface area (Å²) in [6, 6.07) is 6.13. The molecular weight excluding hydrogens is 162 g/mol. The summed E-state index contributed by atoms with van der Waals surface area (Å²) in [4.78, 5) is 0. The molecule has 0 amide bonds. The molecule has 0 atom stereocenters. The molecule has 1 aromatic rings. The monoisotopic (exact) mass is 177 g/mol. The van der Waals surface area contributed by atoms with Crippen molar-refractivity contribution < 1.29 is 5.11 Å². The number of rotatable bonds is 1. The molecule has 70 valence electrons. The van der Waals surface area contributed by atoms with E-state index in [9.17, 15) is 5.11 Å². The second-order valence-electron chi connectivity index (χ2n) is 4.11. The molecule has 0 aliphatic carbocycles. The van der Waals surface area contributed by atoms with Gasteiger partial charge in [0.1, 0.15) is 0 Å². The fourth-order valence-electron chi connectivity index (χ4n) is 1.90. The van der Waals surface area contributed by atoms with Crippen LogP contribution in [-0.4, -0.2) is 5.11 Å². The molecule has 0 unspecified atom stereocenters. The summed E-state index contributed by atoms with van der Waals surface area (Å²) in [6.45, 7) is 5.48. The van der Waals surface area contributed by atoms with Gasteiger partial charge < -0.3 is 10.4 Å². The highest BCUT2D eigenvalue weighted by molar-refractivity contribution is 5.40. The van der Waals surface area contributed by atoms with E-state index < -0.39 is 5.60 Å². The Kier molecular flexibility index (Phi) is 1.90. The average molecular weight is 177 g/mol. The molecule has 2 nitrogen and oxygen atoms in total. The van der Waals surface area contributed by atoms with Crippen molar-refractivity contribution in [3.63, 3.8) is 0 Å². The highest BCUT2D eigenvalue weighted by Crippen LogP contribution is 2.28. The number of benzene rings is 1. The first kappa shape index (κ1) is 8.73. The maximum atomic E-state index is 9.93. The lowest BCUT2D eigenvalue weighted by Crippen LogP contribution is -2.18. The maximum Gasteiger partial charge on any atom is 0.0843 e. The van der Waals surface area contributed by atoms with Crippen LogP contribution in [0, 0.1) is 0 Å². The summed E-state index contributed by atoms with van der Waals surface area (Å²) >= 11 is 0. The Bertz CT molecular complexity index is 325. The molecule has 0 fully saturated rings. The number of nitrogens with one attached hydrogen (secondary N) is 1. The van der Waals surface area contributed by atoms with Crippen LogP contribution in [0.5, 0.6) is 0 Å². The third-order valence-electron chi connectivity index (χ3n) is 2.55. The van der Waals surface area contributed by atoms with Crippen LogP contribution in [-0.2, 0) is 18.7 Å². The van der Waals surface area contributed by atoms with Gasteiger partial charge >= 0.3 is 0 Å². The zero-order valence-corrected chi connectivity index (χ0v) is 8.09. The van der Waals surface area contributed by atoms with Crippen molar-refractivity contribution >= 4 is 0 Å². The Hall–Kier alpha value is -0.860. The smallest absolute Gasteiger partial charge is 0.0843 e. The Morgan fingerprint density at radius 2 is 2.08 bits per heavy atom. The molecule has 0 saturated heterocycles. The van der Waals surface area contributed by atoms with Crippen molar-refractivity contribution in [3.8, 4) is 0 Å². The minimum absolute atomic E-state index is 0.725. The van der Waals surface area contributed by atoms with Gasteiger partial charge in [0.05, 0.1) is 5.60 Å². The normalized spacial score (nSPS) is 15.9. The van der Waals surface area contributed by atoms with E-state index in [0.717, 1.165) is 18.7 Å². The lowest BCUT2D eigenvalue weighted by Gasteiger charge is -2.20. The lowest BCUT2D eigenvalue weighted by molar-refractivity contribution is 0.0776. The van der Waals surface area contributed by atoms with Crippen molar-refractivity contribution in [1.29, 1.82) is 0 Å². The SMILES string of the molecule is CC(C)(O)c1cccc2c1CNC2. The lowest BCUT2D eigenvalue weighted by atomic mass is 9.91. The van der Waals surface area contributed by atoms with Crippen molar-refractivity contribution in [2.75, 3.05) is 0 Å². The minimum Gasteiger partial charge on any atom is -0.386 e.